The molecule has 5 rings (SSSR count). The lowest BCUT2D eigenvalue weighted by Crippen LogP contribution is -2.36. The molecule has 9 nitrogen and oxygen atoms in total. The van der Waals surface area contributed by atoms with E-state index in [0.717, 1.165) is 23.9 Å². The van der Waals surface area contributed by atoms with Crippen molar-refractivity contribution >= 4 is 62.0 Å². The maximum absolute atomic E-state index is 13.7. The van der Waals surface area contributed by atoms with Gasteiger partial charge in [-0.1, -0.05) is 58.1 Å². The van der Waals surface area contributed by atoms with Crippen LogP contribution in [0.4, 0.5) is 5.69 Å². The fourth-order valence-electron chi connectivity index (χ4n) is 7.45. The van der Waals surface area contributed by atoms with Crippen molar-refractivity contribution in [2.24, 2.45) is 5.41 Å². The maximum Gasteiger partial charge on any atom is 0.338 e. The van der Waals surface area contributed by atoms with Crippen LogP contribution in [0.5, 0.6) is 5.75 Å². The third-order valence-electron chi connectivity index (χ3n) is 10.5. The molecule has 0 bridgehead atoms. The van der Waals surface area contributed by atoms with Crippen molar-refractivity contribution in [3.63, 3.8) is 0 Å². The summed E-state index contributed by atoms with van der Waals surface area (Å²) in [6.07, 6.45) is 7.54. The predicted molar refractivity (Wildman–Crippen MR) is 214 cm³/mol. The van der Waals surface area contributed by atoms with Crippen molar-refractivity contribution in [2.75, 3.05) is 32.6 Å². The van der Waals surface area contributed by atoms with Gasteiger partial charge in [0, 0.05) is 44.1 Å². The Morgan fingerprint density at radius 1 is 0.981 bits per heavy atom. The molecular weight excluding hydrogens is 758 g/mol. The van der Waals surface area contributed by atoms with Crippen molar-refractivity contribution < 1.29 is 28.6 Å². The summed E-state index contributed by atoms with van der Waals surface area (Å²) in [6.45, 7) is 9.68. The monoisotopic (exact) mass is 807 g/mol. The SMILES string of the molecule is CCCC(C)(COC(=O)Cc1c(C)n(C(=O)c2ccc(Cl)cc2)c2ccc(OC)cc12)COC(=O)c1cc(Br)c(N)c(CN(CC)C2CCCCC2)c1. The minimum Gasteiger partial charge on any atom is -0.497 e. The predicted octanol–water partition coefficient (Wildman–Crippen LogP) is 9.55. The second kappa shape index (κ2) is 18.0. The number of halogens is 2. The number of carbonyl (C=O) groups is 3. The highest BCUT2D eigenvalue weighted by atomic mass is 79.9. The summed E-state index contributed by atoms with van der Waals surface area (Å²) < 4.78 is 19.6. The number of fused-ring (bicyclic) bond motifs is 1. The molecule has 1 aliphatic carbocycles. The highest BCUT2D eigenvalue weighted by Crippen LogP contribution is 2.33. The van der Waals surface area contributed by atoms with Crippen LogP contribution in [0.15, 0.2) is 59.1 Å². The van der Waals surface area contributed by atoms with E-state index in [1.165, 1.54) is 32.1 Å². The number of nitrogens with two attached hydrogens (primary N) is 1. The molecule has 4 aromatic rings. The number of nitrogens with zero attached hydrogens (tertiary/aromatic N) is 2. The van der Waals surface area contributed by atoms with Gasteiger partial charge in [-0.25, -0.2) is 4.79 Å². The number of hydrogen-bond donors (Lipinski definition) is 1. The van der Waals surface area contributed by atoms with Crippen LogP contribution in [0.1, 0.15) is 103 Å². The van der Waals surface area contributed by atoms with Crippen molar-refractivity contribution in [1.29, 1.82) is 0 Å². The lowest BCUT2D eigenvalue weighted by Gasteiger charge is -2.34. The summed E-state index contributed by atoms with van der Waals surface area (Å²) in [6, 6.07) is 16.2. The average molecular weight is 809 g/mol. The highest BCUT2D eigenvalue weighted by molar-refractivity contribution is 9.10. The highest BCUT2D eigenvalue weighted by Gasteiger charge is 2.30. The minimum absolute atomic E-state index is 0.0567. The van der Waals surface area contributed by atoms with Crippen LogP contribution in [0, 0.1) is 12.3 Å². The summed E-state index contributed by atoms with van der Waals surface area (Å²) in [5.74, 6) is -0.539. The van der Waals surface area contributed by atoms with E-state index in [1.807, 2.05) is 39.0 Å². The van der Waals surface area contributed by atoms with Gasteiger partial charge in [-0.2, -0.15) is 0 Å². The molecule has 53 heavy (non-hydrogen) atoms. The molecule has 0 spiro atoms. The Hall–Kier alpha value is -3.86. The zero-order chi connectivity index (χ0) is 38.3. The van der Waals surface area contributed by atoms with Crippen LogP contribution in [0.3, 0.4) is 0 Å². The van der Waals surface area contributed by atoms with Gasteiger partial charge in [-0.15, -0.1) is 0 Å². The molecule has 1 aromatic heterocycles. The van der Waals surface area contributed by atoms with Crippen molar-refractivity contribution in [3.05, 3.63) is 92.0 Å². The molecule has 1 saturated carbocycles. The number of esters is 2. The normalized spacial score (nSPS) is 14.6. The number of aromatic nitrogens is 1. The van der Waals surface area contributed by atoms with Crippen molar-refractivity contribution in [3.8, 4) is 5.75 Å². The zero-order valence-corrected chi connectivity index (χ0v) is 33.8. The van der Waals surface area contributed by atoms with Gasteiger partial charge in [0.2, 0.25) is 0 Å². The zero-order valence-electron chi connectivity index (χ0n) is 31.4. The first kappa shape index (κ1) is 40.3. The van der Waals surface area contributed by atoms with Gasteiger partial charge in [0.15, 0.2) is 0 Å². The summed E-state index contributed by atoms with van der Waals surface area (Å²) in [5, 5.41) is 1.26. The van der Waals surface area contributed by atoms with Crippen LogP contribution in [0.2, 0.25) is 5.02 Å². The molecule has 11 heteroatoms. The Morgan fingerprint density at radius 3 is 2.34 bits per heavy atom. The summed E-state index contributed by atoms with van der Waals surface area (Å²) in [7, 11) is 1.57. The van der Waals surface area contributed by atoms with E-state index in [9.17, 15) is 14.4 Å². The molecular formula is C42H51BrClN3O6. The van der Waals surface area contributed by atoms with Gasteiger partial charge in [0.1, 0.15) is 12.4 Å². The van der Waals surface area contributed by atoms with Gasteiger partial charge in [-0.3, -0.25) is 19.1 Å². The van der Waals surface area contributed by atoms with Crippen LogP contribution in [0.25, 0.3) is 10.9 Å². The molecule has 284 valence electrons. The van der Waals surface area contributed by atoms with E-state index in [-0.39, 0.29) is 25.5 Å². The number of nitrogen functional groups attached to an aromatic ring is 1. The van der Waals surface area contributed by atoms with Gasteiger partial charge in [-0.05, 0) is 114 Å². The van der Waals surface area contributed by atoms with Gasteiger partial charge < -0.3 is 19.9 Å². The van der Waals surface area contributed by atoms with Crippen LogP contribution >= 0.6 is 27.5 Å². The average Bonchev–Trinajstić information content (AvgIpc) is 3.43. The first-order valence-electron chi connectivity index (χ1n) is 18.5. The molecule has 2 N–H and O–H groups in total. The first-order chi connectivity index (χ1) is 25.4. The van der Waals surface area contributed by atoms with Crippen LogP contribution < -0.4 is 10.5 Å². The number of hydrogen-bond acceptors (Lipinski definition) is 8. The minimum atomic E-state index is -0.620. The van der Waals surface area contributed by atoms with E-state index in [2.05, 4.69) is 27.8 Å². The van der Waals surface area contributed by atoms with Crippen molar-refractivity contribution in [2.45, 2.75) is 91.6 Å². The molecule has 1 atom stereocenters. The Bertz CT molecular complexity index is 1940. The lowest BCUT2D eigenvalue weighted by molar-refractivity contribution is -0.147. The number of ether oxygens (including phenoxy) is 3. The van der Waals surface area contributed by atoms with Gasteiger partial charge in [0.25, 0.3) is 5.91 Å². The number of rotatable bonds is 15. The van der Waals surface area contributed by atoms with E-state index < -0.39 is 17.4 Å². The fourth-order valence-corrected chi connectivity index (χ4v) is 8.07. The van der Waals surface area contributed by atoms with Gasteiger partial charge >= 0.3 is 11.9 Å². The number of anilines is 1. The third-order valence-corrected chi connectivity index (χ3v) is 11.4. The van der Waals surface area contributed by atoms with Crippen LogP contribution in [-0.2, 0) is 27.2 Å². The molecule has 0 radical (unpaired) electrons. The Labute approximate surface area is 326 Å². The van der Waals surface area contributed by atoms with E-state index in [1.54, 1.807) is 48.1 Å². The number of carbonyl (C=O) groups excluding carboxylic acids is 3. The van der Waals surface area contributed by atoms with E-state index >= 15 is 0 Å². The molecule has 1 fully saturated rings. The summed E-state index contributed by atoms with van der Waals surface area (Å²) in [4.78, 5) is 43.1. The molecule has 1 aliphatic rings. The quantitative estimate of drug-likeness (QED) is 0.0934. The molecule has 0 amide bonds. The summed E-state index contributed by atoms with van der Waals surface area (Å²) in [5.41, 5.74) is 10.2. The topological polar surface area (TPSA) is 113 Å². The number of methoxy groups -OCH3 is 1. The van der Waals surface area contributed by atoms with Crippen molar-refractivity contribution in [1.82, 2.24) is 9.47 Å². The fraction of sp³-hybridized carbons (Fsp3) is 0.452. The molecule has 1 unspecified atom stereocenters. The van der Waals surface area contributed by atoms with E-state index in [4.69, 9.17) is 31.5 Å². The number of benzene rings is 3. The Kier molecular flexibility index (Phi) is 13.7. The van der Waals surface area contributed by atoms with Gasteiger partial charge in [0.05, 0.1) is 36.9 Å². The molecule has 1 heterocycles. The Morgan fingerprint density at radius 2 is 1.68 bits per heavy atom. The molecule has 0 aliphatic heterocycles. The third kappa shape index (κ3) is 9.63. The van der Waals surface area contributed by atoms with E-state index in [0.29, 0.717) is 67.8 Å². The standard InChI is InChI=1S/C42H51BrClN3O6/c1-6-19-42(4,26-53-41(50)29-20-30(39(45)36(43)21-29)24-46(7-2)32-11-9-8-10-12-32)25-52-38(48)23-34-27(3)47(37-18-17-33(51-5)22-35(34)37)40(49)28-13-15-31(44)16-14-28/h13-18,20-22,32H,6-12,19,23-26,45H2,1-5H3. The lowest BCUT2D eigenvalue weighted by atomic mass is 9.87. The summed E-state index contributed by atoms with van der Waals surface area (Å²) >= 11 is 9.64. The van der Waals surface area contributed by atoms with Crippen LogP contribution in [-0.4, -0.2) is 60.2 Å². The first-order valence-corrected chi connectivity index (χ1v) is 19.7. The molecule has 3 aromatic carbocycles. The smallest absolute Gasteiger partial charge is 0.338 e. The largest absolute Gasteiger partial charge is 0.497 e. The Balaban J connectivity index is 1.28. The maximum atomic E-state index is 13.7. The second-order valence-electron chi connectivity index (χ2n) is 14.5. The molecule has 0 saturated heterocycles. The second-order valence-corrected chi connectivity index (χ2v) is 15.7.